The van der Waals surface area contributed by atoms with Crippen LogP contribution in [0.2, 0.25) is 0 Å². The molecule has 0 saturated heterocycles. The molecule has 4 N–H and O–H groups in total. The number of hydrogen-bond acceptors (Lipinski definition) is 2. The number of benzene rings is 2. The van der Waals surface area contributed by atoms with Crippen molar-refractivity contribution in [1.82, 2.24) is 5.32 Å². The quantitative estimate of drug-likeness (QED) is 0.791. The fraction of sp³-hybridized carbons (Fsp3) is 0.125. The van der Waals surface area contributed by atoms with Gasteiger partial charge in [-0.3, -0.25) is 4.79 Å². The number of rotatable bonds is 5. The highest BCUT2D eigenvalue weighted by atomic mass is 19.1. The molecule has 1 atom stereocenters. The molecule has 7 heteroatoms. The number of halogens is 2. The number of amides is 3. The number of urea groups is 1. The van der Waals surface area contributed by atoms with Crippen LogP contribution in [-0.2, 0) is 4.79 Å². The molecule has 0 aliphatic carbocycles. The molecule has 2 aromatic rings. The molecule has 0 spiro atoms. The Kier molecular flexibility index (Phi) is 5.24. The highest BCUT2D eigenvalue weighted by molar-refractivity contribution is 5.91. The topological polar surface area (TPSA) is 84.2 Å². The van der Waals surface area contributed by atoms with E-state index in [4.69, 9.17) is 5.73 Å². The van der Waals surface area contributed by atoms with Crippen LogP contribution in [0.4, 0.5) is 19.3 Å². The number of nitrogens with two attached hydrogens (primary N) is 1. The van der Waals surface area contributed by atoms with E-state index in [1.807, 2.05) is 0 Å². The van der Waals surface area contributed by atoms with Gasteiger partial charge in [-0.1, -0.05) is 30.3 Å². The van der Waals surface area contributed by atoms with E-state index in [-0.39, 0.29) is 12.1 Å². The molecule has 2 rings (SSSR count). The summed E-state index contributed by atoms with van der Waals surface area (Å²) in [6.45, 7) is 0. The molecule has 0 saturated carbocycles. The van der Waals surface area contributed by atoms with Crippen molar-refractivity contribution in [3.05, 3.63) is 65.7 Å². The Hall–Kier alpha value is -2.96. The van der Waals surface area contributed by atoms with Crippen molar-refractivity contribution in [3.63, 3.8) is 0 Å². The molecular formula is C16H15F2N3O2. The third kappa shape index (κ3) is 4.77. The number of carbonyl (C=O) groups is 2. The second kappa shape index (κ2) is 7.35. The van der Waals surface area contributed by atoms with E-state index in [9.17, 15) is 18.4 Å². The predicted molar refractivity (Wildman–Crippen MR) is 81.5 cm³/mol. The molecule has 0 bridgehead atoms. The van der Waals surface area contributed by atoms with E-state index in [1.54, 1.807) is 30.3 Å². The van der Waals surface area contributed by atoms with Crippen molar-refractivity contribution in [1.29, 1.82) is 0 Å². The zero-order chi connectivity index (χ0) is 16.8. The van der Waals surface area contributed by atoms with E-state index >= 15 is 0 Å². The molecule has 120 valence electrons. The van der Waals surface area contributed by atoms with Gasteiger partial charge in [0.15, 0.2) is 0 Å². The molecule has 1 unspecified atom stereocenters. The fourth-order valence-electron chi connectivity index (χ4n) is 2.09. The molecular weight excluding hydrogens is 304 g/mol. The van der Waals surface area contributed by atoms with Crippen molar-refractivity contribution in [2.24, 2.45) is 5.73 Å². The molecule has 0 radical (unpaired) electrons. The first-order valence-electron chi connectivity index (χ1n) is 6.81. The van der Waals surface area contributed by atoms with Gasteiger partial charge in [0.05, 0.1) is 18.2 Å². The van der Waals surface area contributed by atoms with Crippen molar-refractivity contribution < 1.29 is 18.4 Å². The van der Waals surface area contributed by atoms with Crippen LogP contribution in [0.25, 0.3) is 0 Å². The SMILES string of the molecule is NC(=O)NC(CC(=O)Nc1ccc(F)cc1F)c1ccccc1. The van der Waals surface area contributed by atoms with Gasteiger partial charge in [-0.15, -0.1) is 0 Å². The van der Waals surface area contributed by atoms with Gasteiger partial charge in [0.1, 0.15) is 11.6 Å². The van der Waals surface area contributed by atoms with Crippen LogP contribution >= 0.6 is 0 Å². The molecule has 0 aliphatic rings. The summed E-state index contributed by atoms with van der Waals surface area (Å²) in [6.07, 6.45) is -0.149. The third-order valence-electron chi connectivity index (χ3n) is 3.11. The van der Waals surface area contributed by atoms with E-state index < -0.39 is 29.6 Å². The van der Waals surface area contributed by atoms with Crippen molar-refractivity contribution in [2.45, 2.75) is 12.5 Å². The van der Waals surface area contributed by atoms with Gasteiger partial charge in [-0.05, 0) is 17.7 Å². The Labute approximate surface area is 131 Å². The predicted octanol–water partition coefficient (Wildman–Crippen LogP) is 2.70. The molecule has 5 nitrogen and oxygen atoms in total. The van der Waals surface area contributed by atoms with Crippen LogP contribution in [0.3, 0.4) is 0 Å². The maximum absolute atomic E-state index is 13.5. The van der Waals surface area contributed by atoms with Gasteiger partial charge >= 0.3 is 6.03 Å². The lowest BCUT2D eigenvalue weighted by molar-refractivity contribution is -0.116. The lowest BCUT2D eigenvalue weighted by Crippen LogP contribution is -2.35. The Balaban J connectivity index is 2.09. The lowest BCUT2D eigenvalue weighted by Gasteiger charge is -2.17. The maximum Gasteiger partial charge on any atom is 0.312 e. The van der Waals surface area contributed by atoms with Crippen LogP contribution < -0.4 is 16.4 Å². The fourth-order valence-corrected chi connectivity index (χ4v) is 2.09. The first-order valence-corrected chi connectivity index (χ1v) is 6.81. The van der Waals surface area contributed by atoms with Crippen LogP contribution in [0.15, 0.2) is 48.5 Å². The van der Waals surface area contributed by atoms with Crippen molar-refractivity contribution >= 4 is 17.6 Å². The van der Waals surface area contributed by atoms with Crippen molar-refractivity contribution in [3.8, 4) is 0 Å². The minimum Gasteiger partial charge on any atom is -0.352 e. The van der Waals surface area contributed by atoms with Gasteiger partial charge in [0, 0.05) is 6.07 Å². The normalized spacial score (nSPS) is 11.6. The van der Waals surface area contributed by atoms with Crippen LogP contribution in [0.1, 0.15) is 18.0 Å². The van der Waals surface area contributed by atoms with Crippen LogP contribution in [0, 0.1) is 11.6 Å². The van der Waals surface area contributed by atoms with E-state index in [1.165, 1.54) is 0 Å². The summed E-state index contributed by atoms with van der Waals surface area (Å²) in [7, 11) is 0. The van der Waals surface area contributed by atoms with Gasteiger partial charge in [0.25, 0.3) is 0 Å². The summed E-state index contributed by atoms with van der Waals surface area (Å²) in [5.41, 5.74) is 5.66. The van der Waals surface area contributed by atoms with E-state index in [0.29, 0.717) is 11.6 Å². The van der Waals surface area contributed by atoms with E-state index in [2.05, 4.69) is 10.6 Å². The van der Waals surface area contributed by atoms with E-state index in [0.717, 1.165) is 12.1 Å². The molecule has 0 aliphatic heterocycles. The second-order valence-corrected chi connectivity index (χ2v) is 4.85. The largest absolute Gasteiger partial charge is 0.352 e. The Bertz CT molecular complexity index is 708. The summed E-state index contributed by atoms with van der Waals surface area (Å²) < 4.78 is 26.4. The van der Waals surface area contributed by atoms with Gasteiger partial charge in [-0.2, -0.15) is 0 Å². The highest BCUT2D eigenvalue weighted by Crippen LogP contribution is 2.19. The summed E-state index contributed by atoms with van der Waals surface area (Å²) in [4.78, 5) is 23.1. The Morgan fingerprint density at radius 1 is 1.09 bits per heavy atom. The number of carbonyl (C=O) groups excluding carboxylic acids is 2. The number of hydrogen-bond donors (Lipinski definition) is 3. The van der Waals surface area contributed by atoms with Gasteiger partial charge in [0.2, 0.25) is 5.91 Å². The third-order valence-corrected chi connectivity index (χ3v) is 3.11. The van der Waals surface area contributed by atoms with Crippen LogP contribution in [-0.4, -0.2) is 11.9 Å². The zero-order valence-corrected chi connectivity index (χ0v) is 12.1. The first-order chi connectivity index (χ1) is 11.0. The number of anilines is 1. The van der Waals surface area contributed by atoms with Crippen LogP contribution in [0.5, 0.6) is 0 Å². The average molecular weight is 319 g/mol. The van der Waals surface area contributed by atoms with Gasteiger partial charge in [-0.25, -0.2) is 13.6 Å². The summed E-state index contributed by atoms with van der Waals surface area (Å²) in [6, 6.07) is 10.2. The Morgan fingerprint density at radius 2 is 1.78 bits per heavy atom. The zero-order valence-electron chi connectivity index (χ0n) is 12.1. The average Bonchev–Trinajstić information content (AvgIpc) is 2.50. The van der Waals surface area contributed by atoms with Gasteiger partial charge < -0.3 is 16.4 Å². The number of primary amides is 1. The number of nitrogens with one attached hydrogen (secondary N) is 2. The molecule has 0 heterocycles. The molecule has 23 heavy (non-hydrogen) atoms. The van der Waals surface area contributed by atoms with Crippen molar-refractivity contribution in [2.75, 3.05) is 5.32 Å². The smallest absolute Gasteiger partial charge is 0.312 e. The summed E-state index contributed by atoms with van der Waals surface area (Å²) in [5.74, 6) is -2.16. The monoisotopic (exact) mass is 319 g/mol. The Morgan fingerprint density at radius 3 is 2.39 bits per heavy atom. The summed E-state index contributed by atoms with van der Waals surface area (Å²) in [5, 5.41) is 4.80. The highest BCUT2D eigenvalue weighted by Gasteiger charge is 2.18. The first kappa shape index (κ1) is 16.4. The molecule has 2 aromatic carbocycles. The maximum atomic E-state index is 13.5. The lowest BCUT2D eigenvalue weighted by atomic mass is 10.0. The second-order valence-electron chi connectivity index (χ2n) is 4.85. The molecule has 0 aromatic heterocycles. The molecule has 3 amide bonds. The molecule has 0 fully saturated rings. The standard InChI is InChI=1S/C16H15F2N3O2/c17-11-6-7-13(12(18)8-11)20-15(22)9-14(21-16(19)23)10-4-2-1-3-5-10/h1-8,14H,9H2,(H,20,22)(H3,19,21,23). The minimum absolute atomic E-state index is 0.137. The minimum atomic E-state index is -0.877. The summed E-state index contributed by atoms with van der Waals surface area (Å²) >= 11 is 0.